The number of hydrogen-bond donors (Lipinski definition) is 4. The molecule has 0 heterocycles. The van der Waals surface area contributed by atoms with Gasteiger partial charge in [-0.3, -0.25) is 14.4 Å². The van der Waals surface area contributed by atoms with Crippen molar-refractivity contribution >= 4 is 34.3 Å². The summed E-state index contributed by atoms with van der Waals surface area (Å²) < 4.78 is 0. The van der Waals surface area contributed by atoms with E-state index in [4.69, 9.17) is 0 Å². The third kappa shape index (κ3) is 3.77. The molecule has 0 atom stereocenters. The lowest BCUT2D eigenvalue weighted by molar-refractivity contribution is 0.102. The summed E-state index contributed by atoms with van der Waals surface area (Å²) in [6, 6.07) is 22.2. The van der Waals surface area contributed by atoms with E-state index in [2.05, 4.69) is 16.0 Å². The van der Waals surface area contributed by atoms with Gasteiger partial charge in [0, 0.05) is 16.9 Å². The van der Waals surface area contributed by atoms with Gasteiger partial charge in [0.25, 0.3) is 16.8 Å². The van der Waals surface area contributed by atoms with Gasteiger partial charge >= 0.3 is 0 Å². The summed E-state index contributed by atoms with van der Waals surface area (Å²) in [4.78, 5) is 36.3. The Bertz CT molecular complexity index is 1280. The highest BCUT2D eigenvalue weighted by Gasteiger charge is 2.22. The first-order valence-electron chi connectivity index (χ1n) is 9.15. The molecule has 1 amide bonds. The number of carbonyl (C=O) groups excluding carboxylic acids is 1. The van der Waals surface area contributed by atoms with Gasteiger partial charge in [0.15, 0.2) is 0 Å². The monoisotopic (exact) mass is 399 g/mol. The first-order valence-corrected chi connectivity index (χ1v) is 9.15. The quantitative estimate of drug-likeness (QED) is 0.291. The van der Waals surface area contributed by atoms with Crippen LogP contribution < -0.4 is 26.8 Å². The molecule has 0 bridgehead atoms. The summed E-state index contributed by atoms with van der Waals surface area (Å²) in [6.07, 6.45) is 0. The lowest BCUT2D eigenvalue weighted by Crippen LogP contribution is -2.35. The lowest BCUT2D eigenvalue weighted by Gasteiger charge is -2.16. The molecule has 0 saturated heterocycles. The minimum atomic E-state index is -0.682. The average molecular weight is 399 g/mol. The molecule has 4 N–H and O–H groups in total. The van der Waals surface area contributed by atoms with Gasteiger partial charge in [-0.1, -0.05) is 36.4 Å². The van der Waals surface area contributed by atoms with Crippen LogP contribution in [0.15, 0.2) is 88.5 Å². The molecule has 4 rings (SSSR count). The maximum absolute atomic E-state index is 12.4. The normalized spacial score (nSPS) is 10.5. The second kappa shape index (κ2) is 7.92. The Morgan fingerprint density at radius 3 is 1.87 bits per heavy atom. The van der Waals surface area contributed by atoms with Crippen molar-refractivity contribution in [2.45, 2.75) is 0 Å². The molecule has 0 saturated carbocycles. The number of rotatable bonds is 6. The molecule has 0 aliphatic carbocycles. The van der Waals surface area contributed by atoms with Crippen LogP contribution in [0, 0.1) is 0 Å². The molecule has 148 valence electrons. The van der Waals surface area contributed by atoms with Crippen LogP contribution in [0.2, 0.25) is 0 Å². The van der Waals surface area contributed by atoms with Gasteiger partial charge < -0.3 is 21.1 Å². The van der Waals surface area contributed by atoms with Crippen LogP contribution in [0.5, 0.6) is 5.75 Å². The molecule has 0 aliphatic rings. The smallest absolute Gasteiger partial charge is 0.255 e. The number of aromatic hydroxyl groups is 1. The van der Waals surface area contributed by atoms with Gasteiger partial charge in [-0.2, -0.15) is 0 Å². The van der Waals surface area contributed by atoms with Crippen molar-refractivity contribution in [1.29, 1.82) is 0 Å². The molecule has 4 aromatic carbocycles. The van der Waals surface area contributed by atoms with E-state index in [9.17, 15) is 19.5 Å². The Hall–Kier alpha value is -4.39. The highest BCUT2D eigenvalue weighted by Crippen LogP contribution is 2.30. The number of benzene rings is 3. The van der Waals surface area contributed by atoms with E-state index in [1.165, 1.54) is 18.2 Å². The fraction of sp³-hybridized carbons (Fsp3) is 0. The zero-order chi connectivity index (χ0) is 21.1. The molecule has 0 fully saturated rings. The highest BCUT2D eigenvalue weighted by atomic mass is 16.3. The third-order valence-corrected chi connectivity index (χ3v) is 4.50. The predicted octanol–water partition coefficient (Wildman–Crippen LogP) is 3.73. The van der Waals surface area contributed by atoms with Crippen molar-refractivity contribution in [2.75, 3.05) is 16.0 Å². The summed E-state index contributed by atoms with van der Waals surface area (Å²) in [5, 5.41) is 18.7. The van der Waals surface area contributed by atoms with Crippen molar-refractivity contribution in [3.8, 4) is 5.75 Å². The second-order valence-electron chi connectivity index (χ2n) is 6.58. The molecule has 0 spiro atoms. The van der Waals surface area contributed by atoms with Crippen LogP contribution in [0.3, 0.4) is 0 Å². The lowest BCUT2D eigenvalue weighted by atomic mass is 10.1. The Labute approximate surface area is 171 Å². The van der Waals surface area contributed by atoms with E-state index >= 15 is 0 Å². The predicted molar refractivity (Wildman–Crippen MR) is 117 cm³/mol. The Morgan fingerprint density at radius 2 is 1.27 bits per heavy atom. The Balaban J connectivity index is 1.52. The number of hydrogen-bond acceptors (Lipinski definition) is 6. The van der Waals surface area contributed by atoms with Crippen molar-refractivity contribution in [2.24, 2.45) is 0 Å². The molecular weight excluding hydrogens is 382 g/mol. The minimum Gasteiger partial charge on any atom is -0.506 e. The number of phenols is 1. The molecule has 4 aromatic rings. The van der Waals surface area contributed by atoms with Gasteiger partial charge in [0.05, 0.1) is 5.69 Å². The molecule has 0 aliphatic heterocycles. The summed E-state index contributed by atoms with van der Waals surface area (Å²) in [5.41, 5.74) is 0.592. The topological polar surface area (TPSA) is 108 Å². The minimum absolute atomic E-state index is 0.0561. The van der Waals surface area contributed by atoms with Crippen molar-refractivity contribution < 1.29 is 9.90 Å². The van der Waals surface area contributed by atoms with Crippen LogP contribution in [-0.4, -0.2) is 11.0 Å². The Morgan fingerprint density at radius 1 is 0.700 bits per heavy atom. The SMILES string of the molecule is O=C(Nc1ccccc1)c1ccc(Nc2c(Nc3ccccc3)c(=O)c2=O)c(O)c1. The number of amides is 1. The first-order chi connectivity index (χ1) is 14.5. The summed E-state index contributed by atoms with van der Waals surface area (Å²) in [7, 11) is 0. The fourth-order valence-electron chi connectivity index (χ4n) is 2.93. The molecule has 0 aromatic heterocycles. The first kappa shape index (κ1) is 18.9. The van der Waals surface area contributed by atoms with E-state index in [1.807, 2.05) is 12.1 Å². The molecule has 7 nitrogen and oxygen atoms in total. The van der Waals surface area contributed by atoms with Crippen LogP contribution in [0.1, 0.15) is 10.4 Å². The zero-order valence-electron chi connectivity index (χ0n) is 15.7. The van der Waals surface area contributed by atoms with Crippen LogP contribution in [0.4, 0.5) is 28.4 Å². The van der Waals surface area contributed by atoms with Crippen LogP contribution >= 0.6 is 0 Å². The van der Waals surface area contributed by atoms with Gasteiger partial charge in [0.1, 0.15) is 17.1 Å². The fourth-order valence-corrected chi connectivity index (χ4v) is 2.93. The van der Waals surface area contributed by atoms with E-state index in [0.29, 0.717) is 11.4 Å². The van der Waals surface area contributed by atoms with E-state index in [-0.39, 0.29) is 34.3 Å². The molecule has 0 radical (unpaired) electrons. The maximum atomic E-state index is 12.4. The number of nitrogens with one attached hydrogen (secondary N) is 3. The summed E-state index contributed by atoms with van der Waals surface area (Å²) >= 11 is 0. The second-order valence-corrected chi connectivity index (χ2v) is 6.58. The van der Waals surface area contributed by atoms with Gasteiger partial charge in [-0.15, -0.1) is 0 Å². The maximum Gasteiger partial charge on any atom is 0.255 e. The van der Waals surface area contributed by atoms with Crippen molar-refractivity contribution in [3.05, 3.63) is 105 Å². The van der Waals surface area contributed by atoms with Gasteiger partial charge in [-0.25, -0.2) is 0 Å². The number of anilines is 5. The number of carbonyl (C=O) groups is 1. The number of para-hydroxylation sites is 2. The zero-order valence-corrected chi connectivity index (χ0v) is 15.7. The van der Waals surface area contributed by atoms with E-state index in [0.717, 1.165) is 0 Å². The van der Waals surface area contributed by atoms with Crippen LogP contribution in [-0.2, 0) is 0 Å². The van der Waals surface area contributed by atoms with E-state index in [1.54, 1.807) is 48.5 Å². The van der Waals surface area contributed by atoms with Crippen molar-refractivity contribution in [3.63, 3.8) is 0 Å². The number of phenolic OH excluding ortho intramolecular Hbond substituents is 1. The van der Waals surface area contributed by atoms with Gasteiger partial charge in [-0.05, 0) is 42.5 Å². The van der Waals surface area contributed by atoms with E-state index < -0.39 is 10.9 Å². The summed E-state index contributed by atoms with van der Waals surface area (Å²) in [6.45, 7) is 0. The van der Waals surface area contributed by atoms with Crippen LogP contribution in [0.25, 0.3) is 0 Å². The molecular formula is C23H17N3O4. The van der Waals surface area contributed by atoms with Gasteiger partial charge in [0.2, 0.25) is 0 Å². The Kier molecular flexibility index (Phi) is 5.00. The largest absolute Gasteiger partial charge is 0.506 e. The summed E-state index contributed by atoms with van der Waals surface area (Å²) in [5.74, 6) is -0.613. The third-order valence-electron chi connectivity index (χ3n) is 4.50. The molecule has 30 heavy (non-hydrogen) atoms. The highest BCUT2D eigenvalue weighted by molar-refractivity contribution is 6.05. The van der Waals surface area contributed by atoms with Crippen molar-refractivity contribution in [1.82, 2.24) is 0 Å². The average Bonchev–Trinajstić information content (AvgIpc) is 2.78. The molecule has 0 unspecified atom stereocenters. The molecule has 7 heteroatoms. The standard InChI is InChI=1S/C23H17N3O4/c27-18-13-14(23(30)25-16-9-5-2-6-10-16)11-12-17(18)26-20-19(21(28)22(20)29)24-15-7-3-1-4-8-15/h1-13,24,26-27H,(H,25,30).